The van der Waals surface area contributed by atoms with Gasteiger partial charge in [-0.15, -0.1) is 16.4 Å². The number of rotatable bonds is 5. The van der Waals surface area contributed by atoms with Gasteiger partial charge in [-0.05, 0) is 43.2 Å². The minimum Gasteiger partial charge on any atom is -0.507 e. The van der Waals surface area contributed by atoms with Crippen molar-refractivity contribution in [1.29, 1.82) is 0 Å². The lowest BCUT2D eigenvalue weighted by molar-refractivity contribution is -0.384. The van der Waals surface area contributed by atoms with Crippen molar-refractivity contribution < 1.29 is 14.4 Å². The number of non-ortho nitro benzene ring substituents is 1. The number of fused-ring (bicyclic) bond motifs is 1. The quantitative estimate of drug-likeness (QED) is 0.134. The van der Waals surface area contributed by atoms with E-state index >= 15 is 0 Å². The third kappa shape index (κ3) is 4.89. The molecule has 184 valence electrons. The first kappa shape index (κ1) is 24.1. The van der Waals surface area contributed by atoms with Crippen LogP contribution >= 0.6 is 27.3 Å². The van der Waals surface area contributed by atoms with Crippen LogP contribution in [0.4, 0.5) is 5.69 Å². The van der Waals surface area contributed by atoms with E-state index in [2.05, 4.69) is 26.1 Å². The smallest absolute Gasteiger partial charge is 0.345 e. The second-order valence-electron chi connectivity index (χ2n) is 8.54. The average Bonchev–Trinajstić information content (AvgIpc) is 3.29. The summed E-state index contributed by atoms with van der Waals surface area (Å²) in [6, 6.07) is 11.2. The van der Waals surface area contributed by atoms with Crippen LogP contribution in [0, 0.1) is 10.1 Å². The molecule has 2 heterocycles. The highest BCUT2D eigenvalue weighted by Gasteiger charge is 2.22. The van der Waals surface area contributed by atoms with Crippen LogP contribution in [-0.2, 0) is 0 Å². The Labute approximate surface area is 217 Å². The highest BCUT2D eigenvalue weighted by atomic mass is 79.9. The predicted octanol–water partition coefficient (Wildman–Crippen LogP) is 6.14. The number of halogens is 1. The molecule has 0 unspecified atom stereocenters. The van der Waals surface area contributed by atoms with Gasteiger partial charge in [0.2, 0.25) is 4.80 Å². The largest absolute Gasteiger partial charge is 0.507 e. The normalized spacial score (nSPS) is 15.2. The summed E-state index contributed by atoms with van der Waals surface area (Å²) in [4.78, 5) is 24.1. The minimum atomic E-state index is -0.538. The van der Waals surface area contributed by atoms with Crippen molar-refractivity contribution in [3.8, 4) is 17.0 Å². The zero-order valence-electron chi connectivity index (χ0n) is 19.0. The maximum absolute atomic E-state index is 13.0. The summed E-state index contributed by atoms with van der Waals surface area (Å²) < 4.78 is 8.54. The number of phenolic OH excluding ortho intramolecular Hbond substituents is 1. The number of nitro groups is 1. The van der Waals surface area contributed by atoms with Crippen LogP contribution in [-0.4, -0.2) is 20.8 Å². The highest BCUT2D eigenvalue weighted by molar-refractivity contribution is 9.10. The van der Waals surface area contributed by atoms with Gasteiger partial charge in [-0.1, -0.05) is 35.2 Å². The lowest BCUT2D eigenvalue weighted by Gasteiger charge is -2.25. The summed E-state index contributed by atoms with van der Waals surface area (Å²) in [5, 5.41) is 32.3. The molecule has 0 bridgehead atoms. The van der Waals surface area contributed by atoms with Gasteiger partial charge >= 0.3 is 5.63 Å². The Balaban J connectivity index is 1.61. The fraction of sp³-hybridized carbons (Fsp3) is 0.240. The van der Waals surface area contributed by atoms with Crippen LogP contribution in [0.3, 0.4) is 0 Å². The molecule has 0 amide bonds. The summed E-state index contributed by atoms with van der Waals surface area (Å²) in [7, 11) is 0. The van der Waals surface area contributed by atoms with Crippen molar-refractivity contribution in [2.24, 2.45) is 10.2 Å². The molecule has 36 heavy (non-hydrogen) atoms. The average molecular weight is 569 g/mol. The van der Waals surface area contributed by atoms with Crippen LogP contribution in [0.15, 0.2) is 71.7 Å². The van der Waals surface area contributed by atoms with Gasteiger partial charge in [0.25, 0.3) is 5.69 Å². The molecule has 2 aromatic carbocycles. The lowest BCUT2D eigenvalue weighted by atomic mass is 9.95. The monoisotopic (exact) mass is 568 g/mol. The van der Waals surface area contributed by atoms with Crippen LogP contribution in [0.2, 0.25) is 0 Å². The van der Waals surface area contributed by atoms with Gasteiger partial charge in [-0.25, -0.2) is 4.79 Å². The van der Waals surface area contributed by atoms with Crippen molar-refractivity contribution in [2.45, 2.75) is 38.1 Å². The zero-order valence-corrected chi connectivity index (χ0v) is 21.4. The van der Waals surface area contributed by atoms with Gasteiger partial charge in [0, 0.05) is 39.0 Å². The maximum Gasteiger partial charge on any atom is 0.345 e. The summed E-state index contributed by atoms with van der Waals surface area (Å²) >= 11 is 4.82. The van der Waals surface area contributed by atoms with Crippen molar-refractivity contribution in [2.75, 3.05) is 0 Å². The van der Waals surface area contributed by atoms with Gasteiger partial charge in [0.15, 0.2) is 0 Å². The SMILES string of the molecule is O=c1oc2ccc(Br)cc2cc1-c1cs/c(=N\N=C\c2cc([N+](=O)[O-])ccc2O)n1C1CCCCC1. The van der Waals surface area contributed by atoms with Gasteiger partial charge in [-0.2, -0.15) is 5.10 Å². The van der Waals surface area contributed by atoms with E-state index in [1.807, 2.05) is 28.1 Å². The Morgan fingerprint density at radius 1 is 1.17 bits per heavy atom. The number of aromatic hydroxyl groups is 1. The molecule has 5 rings (SSSR count). The van der Waals surface area contributed by atoms with Crippen molar-refractivity contribution in [3.63, 3.8) is 0 Å². The van der Waals surface area contributed by atoms with Gasteiger partial charge < -0.3 is 14.1 Å². The molecular weight excluding hydrogens is 548 g/mol. The van der Waals surface area contributed by atoms with E-state index in [1.165, 1.54) is 42.2 Å². The number of nitro benzene ring substituents is 1. The first-order valence-electron chi connectivity index (χ1n) is 11.4. The fourth-order valence-corrected chi connectivity index (χ4v) is 5.75. The summed E-state index contributed by atoms with van der Waals surface area (Å²) in [5.74, 6) is -0.133. The van der Waals surface area contributed by atoms with Gasteiger partial charge in [0.05, 0.1) is 22.4 Å². The lowest BCUT2D eigenvalue weighted by Crippen LogP contribution is -2.24. The molecule has 1 saturated carbocycles. The second kappa shape index (κ2) is 10.2. The van der Waals surface area contributed by atoms with Crippen LogP contribution in [0.25, 0.3) is 22.2 Å². The Bertz CT molecular complexity index is 1610. The molecule has 0 spiro atoms. The molecule has 1 fully saturated rings. The van der Waals surface area contributed by atoms with Crippen LogP contribution in [0.1, 0.15) is 43.7 Å². The summed E-state index contributed by atoms with van der Waals surface area (Å²) in [6.45, 7) is 0. The molecule has 0 atom stereocenters. The number of thiazole rings is 1. The number of nitrogens with zero attached hydrogens (tertiary/aromatic N) is 4. The van der Waals surface area contributed by atoms with E-state index in [0.717, 1.165) is 41.2 Å². The van der Waals surface area contributed by atoms with E-state index in [9.17, 15) is 20.0 Å². The zero-order chi connectivity index (χ0) is 25.2. The highest BCUT2D eigenvalue weighted by Crippen LogP contribution is 2.32. The number of phenols is 1. The third-order valence-electron chi connectivity index (χ3n) is 6.21. The number of aromatic nitrogens is 1. The van der Waals surface area contributed by atoms with E-state index in [0.29, 0.717) is 15.9 Å². The third-order valence-corrected chi connectivity index (χ3v) is 7.54. The van der Waals surface area contributed by atoms with E-state index < -0.39 is 10.5 Å². The van der Waals surface area contributed by atoms with Crippen molar-refractivity contribution in [3.05, 3.63) is 83.2 Å². The molecule has 1 aliphatic rings. The van der Waals surface area contributed by atoms with E-state index in [1.54, 1.807) is 6.07 Å². The number of hydrogen-bond acceptors (Lipinski definition) is 8. The van der Waals surface area contributed by atoms with E-state index in [4.69, 9.17) is 4.42 Å². The summed E-state index contributed by atoms with van der Waals surface area (Å²) in [6.07, 6.45) is 6.52. The molecule has 1 aliphatic carbocycles. The second-order valence-corrected chi connectivity index (χ2v) is 10.3. The van der Waals surface area contributed by atoms with Crippen molar-refractivity contribution >= 4 is 50.1 Å². The Morgan fingerprint density at radius 3 is 2.75 bits per heavy atom. The Hall–Kier alpha value is -3.57. The maximum atomic E-state index is 13.0. The Morgan fingerprint density at radius 2 is 1.97 bits per heavy atom. The first-order chi connectivity index (χ1) is 17.4. The summed E-state index contributed by atoms with van der Waals surface area (Å²) in [5.41, 5.74) is 1.29. The standard InChI is InChI=1S/C25H21BrN4O5S/c26-17-6-9-23-15(10-17)12-20(24(32)35-23)21-14-36-25(29(21)18-4-2-1-3-5-18)28-27-13-16-11-19(30(33)34)7-8-22(16)31/h6-14,18,31H,1-5H2/b27-13+,28-25-. The molecule has 2 aromatic heterocycles. The van der Waals surface area contributed by atoms with Crippen molar-refractivity contribution in [1.82, 2.24) is 4.57 Å². The number of hydrogen-bond donors (Lipinski definition) is 1. The molecule has 11 heteroatoms. The number of benzene rings is 2. The van der Waals surface area contributed by atoms with Gasteiger partial charge in [-0.3, -0.25) is 10.1 Å². The van der Waals surface area contributed by atoms with E-state index in [-0.39, 0.29) is 23.0 Å². The molecular formula is C25H21BrN4O5S. The molecule has 0 aliphatic heterocycles. The minimum absolute atomic E-state index is 0.133. The van der Waals surface area contributed by atoms with Gasteiger partial charge in [0.1, 0.15) is 11.3 Å². The molecule has 4 aromatic rings. The molecule has 0 saturated heterocycles. The molecule has 9 nitrogen and oxygen atoms in total. The van der Waals surface area contributed by atoms with Crippen LogP contribution < -0.4 is 10.4 Å². The predicted molar refractivity (Wildman–Crippen MR) is 142 cm³/mol. The Kier molecular flexibility index (Phi) is 6.84. The molecule has 0 radical (unpaired) electrons. The topological polar surface area (TPSA) is 123 Å². The first-order valence-corrected chi connectivity index (χ1v) is 13.1. The van der Waals surface area contributed by atoms with Crippen LogP contribution in [0.5, 0.6) is 5.75 Å². The fourth-order valence-electron chi connectivity index (χ4n) is 4.45. The molecule has 1 N–H and O–H groups in total.